The second-order valence-electron chi connectivity index (χ2n) is 2.67. The lowest BCUT2D eigenvalue weighted by molar-refractivity contribution is 0.187. The molecule has 0 unspecified atom stereocenters. The van der Waals surface area contributed by atoms with Crippen LogP contribution >= 0.6 is 0 Å². The van der Waals surface area contributed by atoms with Gasteiger partial charge in [0.05, 0.1) is 7.11 Å². The van der Waals surface area contributed by atoms with Gasteiger partial charge in [0.25, 0.3) is 0 Å². The van der Waals surface area contributed by atoms with Crippen LogP contribution in [0, 0.1) is 0 Å². The largest absolute Gasteiger partial charge is 0.453 e. The minimum Gasteiger partial charge on any atom is -0.453 e. The van der Waals surface area contributed by atoms with Crippen molar-refractivity contribution < 1.29 is 9.53 Å². The second kappa shape index (κ2) is 4.50. The Balaban J connectivity index is 2.71. The summed E-state index contributed by atoms with van der Waals surface area (Å²) in [5.74, 6) is 0. The van der Waals surface area contributed by atoms with Gasteiger partial charge in [-0.15, -0.1) is 0 Å². The molecule has 0 heterocycles. The Labute approximate surface area is 77.7 Å². The third kappa shape index (κ3) is 2.78. The molecule has 0 spiro atoms. The fraction of sp³-hybridized carbons (Fsp3) is 0.300. The van der Waals surface area contributed by atoms with E-state index >= 15 is 0 Å². The summed E-state index contributed by atoms with van der Waals surface area (Å²) < 4.78 is 4.48. The average molecular weight is 179 g/mol. The molecule has 0 fully saturated rings. The van der Waals surface area contributed by atoms with Crippen molar-refractivity contribution in [1.29, 1.82) is 0 Å². The maximum Gasteiger partial charge on any atom is 0.411 e. The summed E-state index contributed by atoms with van der Waals surface area (Å²) >= 11 is 0. The molecular formula is C10H13NO2. The van der Waals surface area contributed by atoms with Crippen LogP contribution < -0.4 is 5.32 Å². The van der Waals surface area contributed by atoms with Gasteiger partial charge in [0.2, 0.25) is 0 Å². The number of anilines is 1. The zero-order valence-electron chi connectivity index (χ0n) is 7.83. The highest BCUT2D eigenvalue weighted by atomic mass is 16.5. The van der Waals surface area contributed by atoms with Gasteiger partial charge < -0.3 is 4.74 Å². The predicted molar refractivity (Wildman–Crippen MR) is 51.8 cm³/mol. The van der Waals surface area contributed by atoms with Crippen LogP contribution in [-0.2, 0) is 11.2 Å². The fourth-order valence-electron chi connectivity index (χ4n) is 1.04. The quantitative estimate of drug-likeness (QED) is 0.757. The van der Waals surface area contributed by atoms with Gasteiger partial charge >= 0.3 is 6.09 Å². The summed E-state index contributed by atoms with van der Waals surface area (Å²) in [7, 11) is 1.35. The molecule has 1 N–H and O–H groups in total. The van der Waals surface area contributed by atoms with Gasteiger partial charge in [-0.1, -0.05) is 19.1 Å². The van der Waals surface area contributed by atoms with Gasteiger partial charge in [0.1, 0.15) is 0 Å². The summed E-state index contributed by atoms with van der Waals surface area (Å²) in [5.41, 5.74) is 1.96. The second-order valence-corrected chi connectivity index (χ2v) is 2.67. The molecule has 3 nitrogen and oxygen atoms in total. The van der Waals surface area contributed by atoms with E-state index in [-0.39, 0.29) is 0 Å². The molecule has 0 saturated heterocycles. The summed E-state index contributed by atoms with van der Waals surface area (Å²) in [5, 5.41) is 2.61. The number of aryl methyl sites for hydroxylation is 1. The van der Waals surface area contributed by atoms with E-state index in [0.717, 1.165) is 12.1 Å². The monoisotopic (exact) mass is 179 g/mol. The first-order valence-corrected chi connectivity index (χ1v) is 4.20. The summed E-state index contributed by atoms with van der Waals surface area (Å²) in [4.78, 5) is 10.8. The van der Waals surface area contributed by atoms with Gasteiger partial charge in [0.15, 0.2) is 0 Å². The fourth-order valence-corrected chi connectivity index (χ4v) is 1.04. The van der Waals surface area contributed by atoms with E-state index in [1.165, 1.54) is 12.7 Å². The Morgan fingerprint density at radius 2 is 2.31 bits per heavy atom. The minimum atomic E-state index is -0.437. The zero-order valence-corrected chi connectivity index (χ0v) is 7.83. The Hall–Kier alpha value is -1.51. The predicted octanol–water partition coefficient (Wildman–Crippen LogP) is 2.43. The number of hydrogen-bond acceptors (Lipinski definition) is 2. The standard InChI is InChI=1S/C10H13NO2/c1-3-8-5-4-6-9(7-8)11-10(12)13-2/h4-7H,3H2,1-2H3,(H,11,12). The number of methoxy groups -OCH3 is 1. The molecule has 1 amide bonds. The van der Waals surface area contributed by atoms with Gasteiger partial charge in [-0.2, -0.15) is 0 Å². The van der Waals surface area contributed by atoms with Crippen molar-refractivity contribution in [2.24, 2.45) is 0 Å². The SMILES string of the molecule is CCc1cccc(NC(=O)OC)c1. The van der Waals surface area contributed by atoms with Crippen LogP contribution in [-0.4, -0.2) is 13.2 Å². The van der Waals surface area contributed by atoms with E-state index in [0.29, 0.717) is 0 Å². The smallest absolute Gasteiger partial charge is 0.411 e. The molecule has 0 aliphatic rings. The molecule has 0 radical (unpaired) electrons. The van der Waals surface area contributed by atoms with Crippen LogP contribution in [0.2, 0.25) is 0 Å². The van der Waals surface area contributed by atoms with Crippen molar-refractivity contribution in [3.8, 4) is 0 Å². The number of nitrogens with one attached hydrogen (secondary N) is 1. The average Bonchev–Trinajstić information content (AvgIpc) is 2.18. The van der Waals surface area contributed by atoms with E-state index in [1.54, 1.807) is 0 Å². The van der Waals surface area contributed by atoms with Crippen LogP contribution in [0.4, 0.5) is 10.5 Å². The normalized spacial score (nSPS) is 9.38. The number of rotatable bonds is 2. The molecule has 3 heteroatoms. The number of hydrogen-bond donors (Lipinski definition) is 1. The van der Waals surface area contributed by atoms with Crippen molar-refractivity contribution in [2.75, 3.05) is 12.4 Å². The van der Waals surface area contributed by atoms with Gasteiger partial charge in [-0.05, 0) is 24.1 Å². The number of benzene rings is 1. The van der Waals surface area contributed by atoms with Crippen LogP contribution in [0.25, 0.3) is 0 Å². The molecule has 0 aromatic heterocycles. The molecule has 0 saturated carbocycles. The highest BCUT2D eigenvalue weighted by Crippen LogP contribution is 2.10. The third-order valence-corrected chi connectivity index (χ3v) is 1.77. The molecule has 0 aliphatic heterocycles. The maximum absolute atomic E-state index is 10.8. The molecule has 1 rings (SSSR count). The molecule has 0 aliphatic carbocycles. The van der Waals surface area contributed by atoms with Gasteiger partial charge in [-0.25, -0.2) is 4.79 Å². The van der Waals surface area contributed by atoms with Crippen molar-refractivity contribution in [2.45, 2.75) is 13.3 Å². The highest BCUT2D eigenvalue weighted by molar-refractivity contribution is 5.84. The summed E-state index contributed by atoms with van der Waals surface area (Å²) in [6.07, 6.45) is 0.518. The highest BCUT2D eigenvalue weighted by Gasteiger charge is 1.99. The first kappa shape index (κ1) is 9.58. The van der Waals surface area contributed by atoms with E-state index in [2.05, 4.69) is 17.0 Å². The molecule has 0 atom stereocenters. The van der Waals surface area contributed by atoms with Gasteiger partial charge in [0, 0.05) is 5.69 Å². The van der Waals surface area contributed by atoms with Crippen molar-refractivity contribution in [3.63, 3.8) is 0 Å². The Morgan fingerprint density at radius 3 is 2.92 bits per heavy atom. The topological polar surface area (TPSA) is 38.3 Å². The number of carbonyl (C=O) groups is 1. The molecule has 1 aromatic carbocycles. The lowest BCUT2D eigenvalue weighted by atomic mass is 10.1. The molecule has 70 valence electrons. The minimum absolute atomic E-state index is 0.437. The van der Waals surface area contributed by atoms with Crippen molar-refractivity contribution >= 4 is 11.8 Å². The molecular weight excluding hydrogens is 166 g/mol. The summed E-state index contributed by atoms with van der Waals surface area (Å²) in [6, 6.07) is 7.68. The lowest BCUT2D eigenvalue weighted by Gasteiger charge is -2.04. The van der Waals surface area contributed by atoms with E-state index in [4.69, 9.17) is 0 Å². The zero-order chi connectivity index (χ0) is 9.68. The Bertz CT molecular complexity index is 297. The maximum atomic E-state index is 10.8. The van der Waals surface area contributed by atoms with E-state index in [9.17, 15) is 4.79 Å². The van der Waals surface area contributed by atoms with Crippen LogP contribution in [0.1, 0.15) is 12.5 Å². The summed E-state index contributed by atoms with van der Waals surface area (Å²) in [6.45, 7) is 2.07. The number of carbonyl (C=O) groups excluding carboxylic acids is 1. The van der Waals surface area contributed by atoms with Crippen LogP contribution in [0.5, 0.6) is 0 Å². The molecule has 13 heavy (non-hydrogen) atoms. The van der Waals surface area contributed by atoms with Crippen LogP contribution in [0.15, 0.2) is 24.3 Å². The number of ether oxygens (including phenoxy) is 1. The third-order valence-electron chi connectivity index (χ3n) is 1.77. The number of amides is 1. The molecule has 0 bridgehead atoms. The Morgan fingerprint density at radius 1 is 1.54 bits per heavy atom. The van der Waals surface area contributed by atoms with Crippen molar-refractivity contribution in [1.82, 2.24) is 0 Å². The first-order chi connectivity index (χ1) is 6.26. The molecule has 1 aromatic rings. The van der Waals surface area contributed by atoms with E-state index < -0.39 is 6.09 Å². The lowest BCUT2D eigenvalue weighted by Crippen LogP contribution is -2.10. The van der Waals surface area contributed by atoms with Gasteiger partial charge in [-0.3, -0.25) is 5.32 Å². The van der Waals surface area contributed by atoms with E-state index in [1.807, 2.05) is 24.3 Å². The van der Waals surface area contributed by atoms with Crippen LogP contribution in [0.3, 0.4) is 0 Å². The first-order valence-electron chi connectivity index (χ1n) is 4.20. The van der Waals surface area contributed by atoms with Crippen molar-refractivity contribution in [3.05, 3.63) is 29.8 Å². The Kier molecular flexibility index (Phi) is 3.31.